The highest BCUT2D eigenvalue weighted by atomic mass is 32.2. The van der Waals surface area contributed by atoms with E-state index in [4.69, 9.17) is 5.73 Å². The van der Waals surface area contributed by atoms with Crippen LogP contribution in [0, 0.1) is 0 Å². The van der Waals surface area contributed by atoms with Crippen molar-refractivity contribution < 1.29 is 18.3 Å². The molecule has 0 fully saturated rings. The molecule has 18 heavy (non-hydrogen) atoms. The lowest BCUT2D eigenvalue weighted by Gasteiger charge is -2.02. The van der Waals surface area contributed by atoms with Gasteiger partial charge in [-0.05, 0) is 6.92 Å². The van der Waals surface area contributed by atoms with Crippen LogP contribution in [0.3, 0.4) is 0 Å². The monoisotopic (exact) mass is 276 g/mol. The maximum Gasteiger partial charge on any atom is 0.218 e. The number of aromatic nitrogens is 3. The molecule has 8 nitrogen and oxygen atoms in total. The fourth-order valence-corrected chi connectivity index (χ4v) is 2.39. The minimum Gasteiger partial charge on any atom is -0.387 e. The van der Waals surface area contributed by atoms with Gasteiger partial charge in [0.2, 0.25) is 5.91 Å². The van der Waals surface area contributed by atoms with Crippen molar-refractivity contribution in [1.29, 1.82) is 0 Å². The summed E-state index contributed by atoms with van der Waals surface area (Å²) in [7, 11) is -3.34. The van der Waals surface area contributed by atoms with Gasteiger partial charge in [0, 0.05) is 6.42 Å². The van der Waals surface area contributed by atoms with E-state index in [1.54, 1.807) is 0 Å². The topological polar surface area (TPSA) is 128 Å². The van der Waals surface area contributed by atoms with Crippen molar-refractivity contribution in [2.24, 2.45) is 5.73 Å². The fourth-order valence-electron chi connectivity index (χ4n) is 1.20. The van der Waals surface area contributed by atoms with Gasteiger partial charge in [-0.3, -0.25) is 9.48 Å². The second kappa shape index (κ2) is 5.91. The molecule has 0 saturated heterocycles. The predicted octanol–water partition coefficient (Wildman–Crippen LogP) is -1.38. The largest absolute Gasteiger partial charge is 0.387 e. The van der Waals surface area contributed by atoms with Crippen LogP contribution in [0.5, 0.6) is 0 Å². The molecule has 0 aliphatic heterocycles. The van der Waals surface area contributed by atoms with Gasteiger partial charge in [-0.15, -0.1) is 5.10 Å². The van der Waals surface area contributed by atoms with Crippen LogP contribution in [0.15, 0.2) is 6.20 Å². The van der Waals surface area contributed by atoms with Gasteiger partial charge in [0.1, 0.15) is 5.69 Å². The summed E-state index contributed by atoms with van der Waals surface area (Å²) in [6.07, 6.45) is 0.553. The van der Waals surface area contributed by atoms with Crippen LogP contribution in [0.2, 0.25) is 0 Å². The quantitative estimate of drug-likeness (QED) is 0.631. The van der Waals surface area contributed by atoms with Crippen LogP contribution in [-0.4, -0.2) is 45.9 Å². The second-order valence-corrected chi connectivity index (χ2v) is 6.25. The van der Waals surface area contributed by atoms with Crippen molar-refractivity contribution in [3.05, 3.63) is 11.9 Å². The Kier molecular flexibility index (Phi) is 4.79. The standard InChI is InChI=1S/C9H16N4O4S/c1-7(14)8-6-13(12-11-8)3-5-18(16,17)4-2-9(10)15/h6-7,14H,2-5H2,1H3,(H2,10,15). The highest BCUT2D eigenvalue weighted by Crippen LogP contribution is 2.06. The molecule has 1 unspecified atom stereocenters. The highest BCUT2D eigenvalue weighted by Gasteiger charge is 2.13. The number of aliphatic hydroxyl groups excluding tert-OH is 1. The molecule has 1 rings (SSSR count). The predicted molar refractivity (Wildman–Crippen MR) is 63.1 cm³/mol. The number of nitrogens with two attached hydrogens (primary N) is 1. The number of amides is 1. The van der Waals surface area contributed by atoms with Crippen LogP contribution < -0.4 is 5.73 Å². The van der Waals surface area contributed by atoms with Gasteiger partial charge in [-0.1, -0.05) is 5.21 Å². The van der Waals surface area contributed by atoms with E-state index in [0.717, 1.165) is 0 Å². The summed E-state index contributed by atoms with van der Waals surface area (Å²) in [5.74, 6) is -1.06. The number of carbonyl (C=O) groups excluding carboxylic acids is 1. The second-order valence-electron chi connectivity index (χ2n) is 3.95. The Hall–Kier alpha value is -1.48. The van der Waals surface area contributed by atoms with Gasteiger partial charge in [0.25, 0.3) is 0 Å². The fraction of sp³-hybridized carbons (Fsp3) is 0.667. The molecule has 1 amide bonds. The van der Waals surface area contributed by atoms with Crippen molar-refractivity contribution in [2.75, 3.05) is 11.5 Å². The maximum absolute atomic E-state index is 11.5. The average Bonchev–Trinajstić information content (AvgIpc) is 2.73. The van der Waals surface area contributed by atoms with E-state index in [2.05, 4.69) is 10.3 Å². The molecule has 0 saturated carbocycles. The van der Waals surface area contributed by atoms with Crippen LogP contribution >= 0.6 is 0 Å². The van der Waals surface area contributed by atoms with Gasteiger partial charge >= 0.3 is 0 Å². The third kappa shape index (κ3) is 4.80. The van der Waals surface area contributed by atoms with Crippen LogP contribution in [0.25, 0.3) is 0 Å². The number of carbonyl (C=O) groups is 1. The van der Waals surface area contributed by atoms with Crippen LogP contribution in [0.1, 0.15) is 25.1 Å². The van der Waals surface area contributed by atoms with E-state index in [1.807, 2.05) is 0 Å². The maximum atomic E-state index is 11.5. The Balaban J connectivity index is 2.51. The molecule has 0 aromatic carbocycles. The van der Waals surface area contributed by atoms with Gasteiger partial charge in [0.15, 0.2) is 9.84 Å². The molecule has 1 heterocycles. The number of primary amides is 1. The summed E-state index contributed by atoms with van der Waals surface area (Å²) in [5.41, 5.74) is 5.26. The van der Waals surface area contributed by atoms with E-state index in [1.165, 1.54) is 17.8 Å². The lowest BCUT2D eigenvalue weighted by atomic mass is 10.3. The Morgan fingerprint density at radius 1 is 1.56 bits per heavy atom. The first kappa shape index (κ1) is 14.6. The van der Waals surface area contributed by atoms with Crippen LogP contribution in [0.4, 0.5) is 0 Å². The zero-order chi connectivity index (χ0) is 13.8. The third-order valence-electron chi connectivity index (χ3n) is 2.28. The number of aryl methyl sites for hydroxylation is 1. The zero-order valence-corrected chi connectivity index (χ0v) is 10.8. The summed E-state index contributed by atoms with van der Waals surface area (Å²) in [6, 6.07) is 0. The molecule has 1 aromatic heterocycles. The molecule has 0 aliphatic carbocycles. The lowest BCUT2D eigenvalue weighted by Crippen LogP contribution is -2.21. The zero-order valence-electron chi connectivity index (χ0n) is 9.98. The van der Waals surface area contributed by atoms with Gasteiger partial charge in [0.05, 0.1) is 30.4 Å². The third-order valence-corrected chi connectivity index (χ3v) is 3.91. The molecule has 1 atom stereocenters. The number of sulfone groups is 1. The molecule has 0 aliphatic rings. The van der Waals surface area contributed by atoms with E-state index < -0.39 is 21.8 Å². The minimum absolute atomic E-state index is 0.126. The van der Waals surface area contributed by atoms with Crippen molar-refractivity contribution >= 4 is 15.7 Å². The Bertz CT molecular complexity index is 508. The van der Waals surface area contributed by atoms with E-state index in [0.29, 0.717) is 5.69 Å². The Labute approximate surface area is 105 Å². The van der Waals surface area contributed by atoms with E-state index >= 15 is 0 Å². The first-order valence-electron chi connectivity index (χ1n) is 5.37. The molecular weight excluding hydrogens is 260 g/mol. The molecule has 0 bridgehead atoms. The molecule has 3 N–H and O–H groups in total. The Morgan fingerprint density at radius 3 is 2.72 bits per heavy atom. The van der Waals surface area contributed by atoms with Crippen molar-refractivity contribution in [1.82, 2.24) is 15.0 Å². The number of aliphatic hydroxyl groups is 1. The molecule has 0 radical (unpaired) electrons. The lowest BCUT2D eigenvalue weighted by molar-refractivity contribution is -0.117. The normalized spacial score (nSPS) is 13.4. The van der Waals surface area contributed by atoms with Crippen molar-refractivity contribution in [3.8, 4) is 0 Å². The van der Waals surface area contributed by atoms with Crippen molar-refractivity contribution in [2.45, 2.75) is 26.0 Å². The van der Waals surface area contributed by atoms with Gasteiger partial charge in [-0.25, -0.2) is 8.42 Å². The molecule has 0 spiro atoms. The number of hydrogen-bond acceptors (Lipinski definition) is 6. The average molecular weight is 276 g/mol. The van der Waals surface area contributed by atoms with Gasteiger partial charge in [-0.2, -0.15) is 0 Å². The SMILES string of the molecule is CC(O)c1cn(CCS(=O)(=O)CCC(N)=O)nn1. The van der Waals surface area contributed by atoms with E-state index in [-0.39, 0.29) is 24.5 Å². The van der Waals surface area contributed by atoms with Gasteiger partial charge < -0.3 is 10.8 Å². The summed E-state index contributed by atoms with van der Waals surface area (Å²) in [4.78, 5) is 10.5. The highest BCUT2D eigenvalue weighted by molar-refractivity contribution is 7.91. The summed E-state index contributed by atoms with van der Waals surface area (Å²) in [6.45, 7) is 1.67. The van der Waals surface area contributed by atoms with E-state index in [9.17, 15) is 18.3 Å². The number of hydrogen-bond donors (Lipinski definition) is 2. The molecule has 1 aromatic rings. The summed E-state index contributed by atoms with van der Waals surface area (Å²) in [5, 5.41) is 16.6. The number of rotatable bonds is 7. The Morgan fingerprint density at radius 2 is 2.22 bits per heavy atom. The first-order chi connectivity index (χ1) is 8.30. The molecule has 102 valence electrons. The summed E-state index contributed by atoms with van der Waals surface area (Å²) < 4.78 is 24.4. The van der Waals surface area contributed by atoms with Crippen LogP contribution in [-0.2, 0) is 21.2 Å². The molecule has 9 heteroatoms. The summed E-state index contributed by atoms with van der Waals surface area (Å²) >= 11 is 0. The molecular formula is C9H16N4O4S. The number of nitrogens with zero attached hydrogens (tertiary/aromatic N) is 3. The minimum atomic E-state index is -3.34. The first-order valence-corrected chi connectivity index (χ1v) is 7.19. The van der Waals surface area contributed by atoms with Crippen molar-refractivity contribution in [3.63, 3.8) is 0 Å². The smallest absolute Gasteiger partial charge is 0.218 e.